The number of carbonyl (C=O) groups excluding carboxylic acids is 1. The van der Waals surface area contributed by atoms with Crippen LogP contribution in [0.15, 0.2) is 72.8 Å². The first-order chi connectivity index (χ1) is 15.0. The lowest BCUT2D eigenvalue weighted by Gasteiger charge is -2.13. The molecular formula is C26H22Cl2N2O. The molecule has 0 radical (unpaired) electrons. The summed E-state index contributed by atoms with van der Waals surface area (Å²) in [5, 5.41) is 4.73. The SMILES string of the molecule is CC[C@H](C)c1ccc(NC(=O)c2cc(-c3ccc(Cl)c(Cl)c3)nc3ccccc23)cc1. The van der Waals surface area contributed by atoms with Crippen LogP contribution in [0.4, 0.5) is 5.69 Å². The van der Waals surface area contributed by atoms with Crippen molar-refractivity contribution in [3.63, 3.8) is 0 Å². The highest BCUT2D eigenvalue weighted by atomic mass is 35.5. The van der Waals surface area contributed by atoms with Gasteiger partial charge in [-0.1, -0.05) is 73.4 Å². The molecule has 0 saturated heterocycles. The third-order valence-electron chi connectivity index (χ3n) is 5.53. The van der Waals surface area contributed by atoms with Crippen molar-refractivity contribution in [1.82, 2.24) is 4.98 Å². The molecule has 5 heteroatoms. The smallest absolute Gasteiger partial charge is 0.256 e. The molecule has 3 nitrogen and oxygen atoms in total. The second-order valence-corrected chi connectivity index (χ2v) is 8.40. The maximum Gasteiger partial charge on any atom is 0.256 e. The van der Waals surface area contributed by atoms with E-state index >= 15 is 0 Å². The van der Waals surface area contributed by atoms with Gasteiger partial charge < -0.3 is 5.32 Å². The van der Waals surface area contributed by atoms with E-state index in [2.05, 4.69) is 31.3 Å². The summed E-state index contributed by atoms with van der Waals surface area (Å²) in [6, 6.07) is 22.8. The normalized spacial score (nSPS) is 12.0. The summed E-state index contributed by atoms with van der Waals surface area (Å²) in [5.41, 5.74) is 4.77. The molecule has 1 N–H and O–H groups in total. The molecule has 0 aliphatic carbocycles. The summed E-state index contributed by atoms with van der Waals surface area (Å²) in [6.45, 7) is 4.36. The van der Waals surface area contributed by atoms with Gasteiger partial charge in [-0.15, -0.1) is 0 Å². The molecule has 1 aromatic heterocycles. The molecule has 0 saturated carbocycles. The van der Waals surface area contributed by atoms with Gasteiger partial charge in [0.1, 0.15) is 0 Å². The van der Waals surface area contributed by atoms with Gasteiger partial charge in [0.15, 0.2) is 0 Å². The van der Waals surface area contributed by atoms with Crippen molar-refractivity contribution in [2.75, 3.05) is 5.32 Å². The van der Waals surface area contributed by atoms with Gasteiger partial charge in [0, 0.05) is 16.6 Å². The van der Waals surface area contributed by atoms with Gasteiger partial charge in [-0.05, 0) is 54.3 Å². The molecule has 0 aliphatic heterocycles. The highest BCUT2D eigenvalue weighted by molar-refractivity contribution is 6.42. The summed E-state index contributed by atoms with van der Waals surface area (Å²) < 4.78 is 0. The number of para-hydroxylation sites is 1. The lowest BCUT2D eigenvalue weighted by Crippen LogP contribution is -2.13. The lowest BCUT2D eigenvalue weighted by molar-refractivity contribution is 0.102. The van der Waals surface area contributed by atoms with Crippen LogP contribution < -0.4 is 5.32 Å². The Morgan fingerprint density at radius 1 is 0.968 bits per heavy atom. The van der Waals surface area contributed by atoms with Crippen molar-refractivity contribution >= 4 is 45.7 Å². The topological polar surface area (TPSA) is 42.0 Å². The molecule has 1 atom stereocenters. The largest absolute Gasteiger partial charge is 0.322 e. The molecule has 1 heterocycles. The number of hydrogen-bond acceptors (Lipinski definition) is 2. The molecule has 4 aromatic rings. The molecule has 4 rings (SSSR count). The average molecular weight is 449 g/mol. The quantitative estimate of drug-likeness (QED) is 0.336. The Bertz CT molecular complexity index is 1250. The van der Waals surface area contributed by atoms with Crippen LogP contribution in [0.1, 0.15) is 42.1 Å². The number of pyridine rings is 1. The van der Waals surface area contributed by atoms with E-state index in [1.54, 1.807) is 18.2 Å². The van der Waals surface area contributed by atoms with Crippen LogP contribution in [0, 0.1) is 0 Å². The van der Waals surface area contributed by atoms with Gasteiger partial charge in [0.25, 0.3) is 5.91 Å². The molecule has 156 valence electrons. The minimum absolute atomic E-state index is 0.184. The van der Waals surface area contributed by atoms with Gasteiger partial charge in [0.05, 0.1) is 26.8 Å². The van der Waals surface area contributed by atoms with Crippen molar-refractivity contribution in [3.05, 3.63) is 94.0 Å². The van der Waals surface area contributed by atoms with Gasteiger partial charge >= 0.3 is 0 Å². The number of nitrogens with one attached hydrogen (secondary N) is 1. The van der Waals surface area contributed by atoms with Crippen LogP contribution in [-0.4, -0.2) is 10.9 Å². The van der Waals surface area contributed by atoms with Gasteiger partial charge in [-0.25, -0.2) is 4.98 Å². The molecule has 31 heavy (non-hydrogen) atoms. The van der Waals surface area contributed by atoms with Crippen LogP contribution in [0.2, 0.25) is 10.0 Å². The van der Waals surface area contributed by atoms with Gasteiger partial charge in [0.2, 0.25) is 0 Å². The molecule has 0 bridgehead atoms. The Labute approximate surface area is 192 Å². The van der Waals surface area contributed by atoms with Crippen molar-refractivity contribution < 1.29 is 4.79 Å². The van der Waals surface area contributed by atoms with E-state index in [9.17, 15) is 4.79 Å². The molecular weight excluding hydrogens is 427 g/mol. The number of nitrogens with zero attached hydrogens (tertiary/aromatic N) is 1. The fourth-order valence-corrected chi connectivity index (χ4v) is 3.79. The Morgan fingerprint density at radius 3 is 2.42 bits per heavy atom. The minimum atomic E-state index is -0.184. The van der Waals surface area contributed by atoms with Crippen LogP contribution >= 0.6 is 23.2 Å². The van der Waals surface area contributed by atoms with Crippen LogP contribution in [-0.2, 0) is 0 Å². The number of hydrogen-bond donors (Lipinski definition) is 1. The van der Waals surface area contributed by atoms with E-state index in [0.717, 1.165) is 28.6 Å². The number of carbonyl (C=O) groups is 1. The number of halogens is 2. The predicted molar refractivity (Wildman–Crippen MR) is 130 cm³/mol. The van der Waals surface area contributed by atoms with Crippen molar-refractivity contribution in [1.29, 1.82) is 0 Å². The first kappa shape index (κ1) is 21.4. The van der Waals surface area contributed by atoms with E-state index in [1.165, 1.54) is 5.56 Å². The summed E-state index contributed by atoms with van der Waals surface area (Å²) in [7, 11) is 0. The summed E-state index contributed by atoms with van der Waals surface area (Å²) in [4.78, 5) is 17.9. The zero-order valence-electron chi connectivity index (χ0n) is 17.3. The minimum Gasteiger partial charge on any atom is -0.322 e. The zero-order valence-corrected chi connectivity index (χ0v) is 18.8. The molecule has 3 aromatic carbocycles. The third-order valence-corrected chi connectivity index (χ3v) is 6.27. The molecule has 0 unspecified atom stereocenters. The highest BCUT2D eigenvalue weighted by Crippen LogP contribution is 2.30. The predicted octanol–water partition coefficient (Wildman–Crippen LogP) is 7.97. The van der Waals surface area contributed by atoms with Crippen molar-refractivity contribution in [2.24, 2.45) is 0 Å². The fraction of sp³-hybridized carbons (Fsp3) is 0.154. The number of rotatable bonds is 5. The third kappa shape index (κ3) is 4.58. The first-order valence-corrected chi connectivity index (χ1v) is 11.0. The second kappa shape index (κ2) is 9.09. The standard InChI is InChI=1S/C26H22Cl2N2O/c1-3-16(2)17-8-11-19(12-9-17)29-26(31)21-15-25(18-10-13-22(27)23(28)14-18)30-24-7-5-4-6-20(21)24/h4-16H,3H2,1-2H3,(H,29,31)/t16-/m0/s1. The Hall–Kier alpha value is -2.88. The Morgan fingerprint density at radius 2 is 1.71 bits per heavy atom. The Kier molecular flexibility index (Phi) is 6.26. The first-order valence-electron chi connectivity index (χ1n) is 10.2. The van der Waals surface area contributed by atoms with E-state index in [1.807, 2.05) is 42.5 Å². The molecule has 1 amide bonds. The second-order valence-electron chi connectivity index (χ2n) is 7.59. The molecule has 0 aliphatic rings. The van der Waals surface area contributed by atoms with Crippen LogP contribution in [0.3, 0.4) is 0 Å². The van der Waals surface area contributed by atoms with Gasteiger partial charge in [-0.2, -0.15) is 0 Å². The van der Waals surface area contributed by atoms with Crippen molar-refractivity contribution in [3.8, 4) is 11.3 Å². The average Bonchev–Trinajstić information content (AvgIpc) is 2.80. The van der Waals surface area contributed by atoms with Gasteiger partial charge in [-0.3, -0.25) is 4.79 Å². The summed E-state index contributed by atoms with van der Waals surface area (Å²) >= 11 is 12.3. The Balaban J connectivity index is 1.72. The number of aromatic nitrogens is 1. The lowest BCUT2D eigenvalue weighted by atomic mass is 9.98. The number of fused-ring (bicyclic) bond motifs is 1. The zero-order chi connectivity index (χ0) is 22.0. The van der Waals surface area contributed by atoms with E-state index in [0.29, 0.717) is 27.2 Å². The maximum absolute atomic E-state index is 13.2. The van der Waals surface area contributed by atoms with E-state index in [4.69, 9.17) is 28.2 Å². The van der Waals surface area contributed by atoms with Crippen LogP contribution in [0.5, 0.6) is 0 Å². The monoisotopic (exact) mass is 448 g/mol. The fourth-order valence-electron chi connectivity index (χ4n) is 3.50. The van der Waals surface area contributed by atoms with E-state index in [-0.39, 0.29) is 5.91 Å². The number of benzene rings is 3. The highest BCUT2D eigenvalue weighted by Gasteiger charge is 2.15. The molecule has 0 fully saturated rings. The number of anilines is 1. The summed E-state index contributed by atoms with van der Waals surface area (Å²) in [6.07, 6.45) is 1.08. The van der Waals surface area contributed by atoms with E-state index < -0.39 is 0 Å². The maximum atomic E-state index is 13.2. The summed E-state index contributed by atoms with van der Waals surface area (Å²) in [5.74, 6) is 0.304. The number of amides is 1. The van der Waals surface area contributed by atoms with Crippen LogP contribution in [0.25, 0.3) is 22.2 Å². The van der Waals surface area contributed by atoms with Crippen molar-refractivity contribution in [2.45, 2.75) is 26.2 Å². The molecule has 0 spiro atoms.